The molecule has 36 heavy (non-hydrogen) atoms. The van der Waals surface area contributed by atoms with Crippen LogP contribution in [0.15, 0.2) is 54.7 Å². The summed E-state index contributed by atoms with van der Waals surface area (Å²) in [6.07, 6.45) is 3.97. The third-order valence-electron chi connectivity index (χ3n) is 7.67. The fraction of sp³-hybridized carbons (Fsp3) is 0.370. The molecule has 0 radical (unpaired) electrons. The zero-order valence-corrected chi connectivity index (χ0v) is 20.2. The number of anilines is 1. The summed E-state index contributed by atoms with van der Waals surface area (Å²) >= 11 is 0. The zero-order chi connectivity index (χ0) is 25.0. The number of aromatic nitrogens is 5. The Labute approximate surface area is 208 Å². The molecule has 9 heteroatoms. The molecular weight excluding hydrogens is 456 g/mol. The maximum absolute atomic E-state index is 11.6. The van der Waals surface area contributed by atoms with Crippen molar-refractivity contribution < 1.29 is 15.0 Å². The van der Waals surface area contributed by atoms with Crippen LogP contribution >= 0.6 is 0 Å². The molecule has 1 spiro atoms. The number of benzene rings is 2. The van der Waals surface area contributed by atoms with Gasteiger partial charge < -0.3 is 15.1 Å². The zero-order valence-electron chi connectivity index (χ0n) is 20.2. The third-order valence-corrected chi connectivity index (χ3v) is 7.67. The highest BCUT2D eigenvalue weighted by Gasteiger charge is 2.53. The van der Waals surface area contributed by atoms with Crippen molar-refractivity contribution in [3.8, 4) is 17.0 Å². The summed E-state index contributed by atoms with van der Waals surface area (Å²) in [7, 11) is 0. The van der Waals surface area contributed by atoms with Crippen molar-refractivity contribution in [2.24, 2.45) is 11.3 Å². The fourth-order valence-electron chi connectivity index (χ4n) is 5.79. The van der Waals surface area contributed by atoms with Gasteiger partial charge >= 0.3 is 5.97 Å². The lowest BCUT2D eigenvalue weighted by Gasteiger charge is -2.59. The Hall–Kier alpha value is -4.01. The quantitative estimate of drug-likeness (QED) is 0.417. The van der Waals surface area contributed by atoms with Gasteiger partial charge in [0.25, 0.3) is 0 Å². The number of carbonyl (C=O) groups is 1. The van der Waals surface area contributed by atoms with Crippen LogP contribution in [0.3, 0.4) is 0 Å². The summed E-state index contributed by atoms with van der Waals surface area (Å²) < 4.78 is 1.47. The summed E-state index contributed by atoms with van der Waals surface area (Å²) in [5, 5.41) is 37.7. The summed E-state index contributed by atoms with van der Waals surface area (Å²) in [6, 6.07) is 14.8. The molecule has 4 aromatic rings. The number of rotatable bonds is 6. The molecule has 6 rings (SSSR count). The van der Waals surface area contributed by atoms with Crippen LogP contribution < -0.4 is 4.90 Å². The number of nitrogens with zero attached hydrogens (tertiary/aromatic N) is 6. The number of hydrogen-bond donors (Lipinski definition) is 2. The van der Waals surface area contributed by atoms with Crippen LogP contribution in [0.25, 0.3) is 22.2 Å². The molecule has 1 saturated carbocycles. The number of carboxylic acid groups (broad SMARTS) is 1. The van der Waals surface area contributed by atoms with Crippen LogP contribution in [0.4, 0.5) is 5.82 Å². The van der Waals surface area contributed by atoms with Crippen molar-refractivity contribution in [2.75, 3.05) is 18.0 Å². The van der Waals surface area contributed by atoms with E-state index in [0.29, 0.717) is 17.2 Å². The lowest BCUT2D eigenvalue weighted by Crippen LogP contribution is -2.62. The van der Waals surface area contributed by atoms with E-state index in [-0.39, 0.29) is 17.1 Å². The van der Waals surface area contributed by atoms with Crippen LogP contribution in [0.1, 0.15) is 44.2 Å². The molecule has 1 saturated heterocycles. The number of aliphatic carboxylic acids is 1. The summed E-state index contributed by atoms with van der Waals surface area (Å²) in [6.45, 7) is 5.58. The number of fused-ring (bicyclic) bond motifs is 1. The molecule has 184 valence electrons. The van der Waals surface area contributed by atoms with Gasteiger partial charge in [-0.1, -0.05) is 43.3 Å². The van der Waals surface area contributed by atoms with Crippen LogP contribution in [0.5, 0.6) is 5.75 Å². The van der Waals surface area contributed by atoms with Crippen molar-refractivity contribution in [3.05, 3.63) is 60.3 Å². The van der Waals surface area contributed by atoms with Gasteiger partial charge in [-0.25, -0.2) is 9.48 Å². The lowest BCUT2D eigenvalue weighted by molar-refractivity contribution is -0.142. The Kier molecular flexibility index (Phi) is 5.17. The average molecular weight is 485 g/mol. The highest BCUT2D eigenvalue weighted by atomic mass is 16.4. The molecular formula is C27H28N6O3. The third kappa shape index (κ3) is 3.75. The van der Waals surface area contributed by atoms with E-state index in [0.717, 1.165) is 42.7 Å². The first-order valence-electron chi connectivity index (χ1n) is 12.3. The predicted molar refractivity (Wildman–Crippen MR) is 135 cm³/mol. The Morgan fingerprint density at radius 2 is 1.83 bits per heavy atom. The Balaban J connectivity index is 1.11. The van der Waals surface area contributed by atoms with Crippen molar-refractivity contribution in [2.45, 2.75) is 38.6 Å². The Morgan fingerprint density at radius 1 is 1.06 bits per heavy atom. The normalized spacial score (nSPS) is 17.8. The molecule has 3 heterocycles. The molecule has 1 unspecified atom stereocenters. The van der Waals surface area contributed by atoms with Crippen LogP contribution in [0.2, 0.25) is 0 Å². The summed E-state index contributed by atoms with van der Waals surface area (Å²) in [5.74, 6) is 0.469. The molecule has 1 aliphatic carbocycles. The lowest BCUT2D eigenvalue weighted by atomic mass is 9.56. The molecule has 1 aliphatic heterocycles. The second-order valence-electron chi connectivity index (χ2n) is 10.6. The molecule has 0 amide bonds. The molecule has 2 fully saturated rings. The summed E-state index contributed by atoms with van der Waals surface area (Å²) in [5.41, 5.74) is 3.76. The van der Waals surface area contributed by atoms with Gasteiger partial charge in [0.2, 0.25) is 0 Å². The van der Waals surface area contributed by atoms with Gasteiger partial charge in [-0.3, -0.25) is 0 Å². The van der Waals surface area contributed by atoms with E-state index in [1.54, 1.807) is 18.3 Å². The monoisotopic (exact) mass is 484 g/mol. The van der Waals surface area contributed by atoms with Crippen molar-refractivity contribution in [1.82, 2.24) is 25.2 Å². The second kappa shape index (κ2) is 8.29. The standard InChI is InChI=1S/C27H28N6O3/c1-16(2)25(26(35)36)33-13-24(30-31-33)32-14-27(15-32)11-19(12-27)17-7-8-18-10-22(29-28-21(18)9-17)20-5-3-4-6-23(20)34/h3-10,13,16,19,25,34H,11-12,14-15H2,1-2H3,(H,35,36). The smallest absolute Gasteiger partial charge is 0.328 e. The number of hydrogen-bond acceptors (Lipinski definition) is 7. The van der Waals surface area contributed by atoms with E-state index in [1.807, 2.05) is 32.0 Å². The fourth-order valence-corrected chi connectivity index (χ4v) is 5.79. The number of aromatic hydroxyl groups is 1. The van der Waals surface area contributed by atoms with Gasteiger partial charge in [-0.05, 0) is 54.5 Å². The van der Waals surface area contributed by atoms with Crippen LogP contribution in [-0.4, -0.2) is 54.5 Å². The number of carboxylic acids is 1. The van der Waals surface area contributed by atoms with Crippen molar-refractivity contribution >= 4 is 22.7 Å². The molecule has 2 aromatic heterocycles. The van der Waals surface area contributed by atoms with Crippen molar-refractivity contribution in [1.29, 1.82) is 0 Å². The van der Waals surface area contributed by atoms with Crippen LogP contribution in [0, 0.1) is 11.3 Å². The number of phenols is 1. The molecule has 1 atom stereocenters. The van der Waals surface area contributed by atoms with Gasteiger partial charge in [-0.15, -0.1) is 15.3 Å². The van der Waals surface area contributed by atoms with E-state index in [9.17, 15) is 15.0 Å². The second-order valence-corrected chi connectivity index (χ2v) is 10.6. The average Bonchev–Trinajstić information content (AvgIpc) is 3.25. The van der Waals surface area contributed by atoms with Gasteiger partial charge in [0, 0.05) is 29.5 Å². The van der Waals surface area contributed by atoms with E-state index in [2.05, 4.69) is 43.6 Å². The predicted octanol–water partition coefficient (Wildman–Crippen LogP) is 4.26. The first-order valence-corrected chi connectivity index (χ1v) is 12.3. The highest BCUT2D eigenvalue weighted by molar-refractivity contribution is 5.83. The first kappa shape index (κ1) is 22.5. The van der Waals surface area contributed by atoms with Gasteiger partial charge in [0.05, 0.1) is 17.4 Å². The maximum Gasteiger partial charge on any atom is 0.328 e. The Morgan fingerprint density at radius 3 is 2.56 bits per heavy atom. The van der Waals surface area contributed by atoms with E-state index >= 15 is 0 Å². The van der Waals surface area contributed by atoms with Gasteiger partial charge in [0.1, 0.15) is 5.75 Å². The van der Waals surface area contributed by atoms with E-state index in [4.69, 9.17) is 0 Å². The topological polar surface area (TPSA) is 117 Å². The largest absolute Gasteiger partial charge is 0.507 e. The minimum atomic E-state index is -0.891. The summed E-state index contributed by atoms with van der Waals surface area (Å²) in [4.78, 5) is 13.8. The van der Waals surface area contributed by atoms with E-state index in [1.165, 1.54) is 10.2 Å². The van der Waals surface area contributed by atoms with Gasteiger partial charge in [-0.2, -0.15) is 0 Å². The maximum atomic E-state index is 11.6. The molecule has 2 N–H and O–H groups in total. The SMILES string of the molecule is CC(C)C(C(=O)O)n1cc(N2CC3(CC(c4ccc5cc(-c6ccccc6O)nnc5c4)C3)C2)nn1. The minimum absolute atomic E-state index is 0.0732. The first-order chi connectivity index (χ1) is 17.3. The number of phenolic OH excluding ortho intramolecular Hbond substituents is 1. The van der Waals surface area contributed by atoms with Crippen molar-refractivity contribution in [3.63, 3.8) is 0 Å². The highest BCUT2D eigenvalue weighted by Crippen LogP contribution is 2.56. The Bertz CT molecular complexity index is 1450. The molecule has 2 aromatic carbocycles. The molecule has 0 bridgehead atoms. The minimum Gasteiger partial charge on any atom is -0.507 e. The number of para-hydroxylation sites is 1. The molecule has 2 aliphatic rings. The molecule has 9 nitrogen and oxygen atoms in total. The van der Waals surface area contributed by atoms with E-state index < -0.39 is 12.0 Å². The van der Waals surface area contributed by atoms with Crippen LogP contribution in [-0.2, 0) is 4.79 Å². The van der Waals surface area contributed by atoms with Gasteiger partial charge in [0.15, 0.2) is 11.9 Å².